The minimum absolute atomic E-state index is 0.179. The van der Waals surface area contributed by atoms with Gasteiger partial charge in [0.25, 0.3) is 0 Å². The minimum atomic E-state index is -0.581. The summed E-state index contributed by atoms with van der Waals surface area (Å²) in [6.45, 7) is 5.91. The van der Waals surface area contributed by atoms with Gasteiger partial charge in [-0.2, -0.15) is 0 Å². The van der Waals surface area contributed by atoms with Gasteiger partial charge >= 0.3 is 0 Å². The maximum absolute atomic E-state index is 9.67. The average Bonchev–Trinajstić information content (AvgIpc) is 2.14. The van der Waals surface area contributed by atoms with Crippen molar-refractivity contribution in [3.63, 3.8) is 0 Å². The van der Waals surface area contributed by atoms with Crippen LogP contribution in [0.1, 0.15) is 26.3 Å². The molecule has 1 N–H and O–H groups in total. The molecule has 0 unspecified atom stereocenters. The molecule has 14 heavy (non-hydrogen) atoms. The number of aliphatic hydroxyl groups is 1. The van der Waals surface area contributed by atoms with Crippen LogP contribution in [0.5, 0.6) is 0 Å². The highest BCUT2D eigenvalue weighted by Crippen LogP contribution is 2.18. The monoisotopic (exact) mass is 188 g/mol. The average molecular weight is 188 g/mol. The summed E-state index contributed by atoms with van der Waals surface area (Å²) in [4.78, 5) is 0. The van der Waals surface area contributed by atoms with Crippen molar-refractivity contribution in [2.24, 2.45) is 5.41 Å². The Balaban J connectivity index is 2.74. The summed E-state index contributed by atoms with van der Waals surface area (Å²) in [5, 5.41) is 9.67. The molecule has 0 amide bonds. The van der Waals surface area contributed by atoms with Crippen LogP contribution in [0.15, 0.2) is 30.3 Å². The van der Waals surface area contributed by atoms with Crippen molar-refractivity contribution in [2.45, 2.75) is 26.9 Å². The van der Waals surface area contributed by atoms with E-state index in [0.29, 0.717) is 0 Å². The third kappa shape index (κ3) is 3.24. The molecule has 1 atom stereocenters. The summed E-state index contributed by atoms with van der Waals surface area (Å²) in [5.74, 6) is 5.80. The lowest BCUT2D eigenvalue weighted by molar-refractivity contribution is 0.114. The van der Waals surface area contributed by atoms with Gasteiger partial charge < -0.3 is 5.11 Å². The predicted octanol–water partition coefficient (Wildman–Crippen LogP) is 2.45. The Hall–Kier alpha value is -1.26. The highest BCUT2D eigenvalue weighted by molar-refractivity contribution is 5.34. The summed E-state index contributed by atoms with van der Waals surface area (Å²) in [5.41, 5.74) is 0.762. The Morgan fingerprint density at radius 2 is 1.71 bits per heavy atom. The molecule has 0 fully saturated rings. The molecule has 0 aliphatic carbocycles. The van der Waals surface area contributed by atoms with Crippen molar-refractivity contribution < 1.29 is 5.11 Å². The van der Waals surface area contributed by atoms with E-state index in [2.05, 4.69) is 11.8 Å². The van der Waals surface area contributed by atoms with Crippen LogP contribution in [0.3, 0.4) is 0 Å². The zero-order valence-corrected chi connectivity index (χ0v) is 8.91. The molecule has 0 saturated carbocycles. The molecular weight excluding hydrogens is 172 g/mol. The first-order valence-electron chi connectivity index (χ1n) is 4.75. The fourth-order valence-electron chi connectivity index (χ4n) is 0.890. The summed E-state index contributed by atoms with van der Waals surface area (Å²) >= 11 is 0. The topological polar surface area (TPSA) is 20.2 Å². The Morgan fingerprint density at radius 3 is 2.21 bits per heavy atom. The lowest BCUT2D eigenvalue weighted by Gasteiger charge is -2.20. The van der Waals surface area contributed by atoms with Crippen molar-refractivity contribution >= 4 is 0 Å². The van der Waals surface area contributed by atoms with Gasteiger partial charge in [0.2, 0.25) is 0 Å². The first kappa shape index (κ1) is 10.8. The summed E-state index contributed by atoms with van der Waals surface area (Å²) in [6.07, 6.45) is -0.581. The quantitative estimate of drug-likeness (QED) is 0.620. The second-order valence-electron chi connectivity index (χ2n) is 4.40. The minimum Gasteiger partial charge on any atom is -0.380 e. The molecule has 0 saturated heterocycles. The Kier molecular flexibility index (Phi) is 3.33. The van der Waals surface area contributed by atoms with Gasteiger partial charge in [-0.3, -0.25) is 0 Å². The molecule has 1 rings (SSSR count). The third-order valence-electron chi connectivity index (χ3n) is 1.95. The number of hydrogen-bond donors (Lipinski definition) is 1. The van der Waals surface area contributed by atoms with Gasteiger partial charge in [-0.1, -0.05) is 50.8 Å². The first-order chi connectivity index (χ1) is 6.50. The SMILES string of the molecule is CC(C)(C)[C@@H](O)C#Cc1ccccc1. The Morgan fingerprint density at radius 1 is 1.14 bits per heavy atom. The lowest BCUT2D eigenvalue weighted by atomic mass is 9.89. The number of aliphatic hydroxyl groups excluding tert-OH is 1. The lowest BCUT2D eigenvalue weighted by Crippen LogP contribution is -2.23. The van der Waals surface area contributed by atoms with E-state index in [9.17, 15) is 5.11 Å². The largest absolute Gasteiger partial charge is 0.380 e. The van der Waals surface area contributed by atoms with Crippen molar-refractivity contribution in [1.29, 1.82) is 0 Å². The summed E-state index contributed by atoms with van der Waals surface area (Å²) < 4.78 is 0. The Labute approximate surface area is 85.8 Å². The van der Waals surface area contributed by atoms with Gasteiger partial charge in [0.15, 0.2) is 0 Å². The van der Waals surface area contributed by atoms with E-state index in [0.717, 1.165) is 5.56 Å². The van der Waals surface area contributed by atoms with Crippen LogP contribution < -0.4 is 0 Å². The smallest absolute Gasteiger partial charge is 0.119 e. The third-order valence-corrected chi connectivity index (χ3v) is 1.95. The van der Waals surface area contributed by atoms with Gasteiger partial charge in [0.1, 0.15) is 6.10 Å². The van der Waals surface area contributed by atoms with E-state index in [-0.39, 0.29) is 5.41 Å². The molecule has 0 aliphatic heterocycles. The molecule has 0 heterocycles. The fraction of sp³-hybridized carbons (Fsp3) is 0.385. The zero-order chi connectivity index (χ0) is 10.6. The number of benzene rings is 1. The number of rotatable bonds is 0. The van der Waals surface area contributed by atoms with Crippen LogP contribution in [0.2, 0.25) is 0 Å². The molecule has 0 aromatic heterocycles. The van der Waals surface area contributed by atoms with Crippen LogP contribution >= 0.6 is 0 Å². The van der Waals surface area contributed by atoms with E-state index in [4.69, 9.17) is 0 Å². The molecule has 0 spiro atoms. The molecule has 1 nitrogen and oxygen atoms in total. The summed E-state index contributed by atoms with van der Waals surface area (Å²) in [7, 11) is 0. The molecule has 0 aliphatic rings. The fourth-order valence-corrected chi connectivity index (χ4v) is 0.890. The Bertz CT molecular complexity index is 335. The van der Waals surface area contributed by atoms with Crippen molar-refractivity contribution in [2.75, 3.05) is 0 Å². The molecule has 1 aromatic carbocycles. The van der Waals surface area contributed by atoms with E-state index in [1.807, 2.05) is 51.1 Å². The highest BCUT2D eigenvalue weighted by atomic mass is 16.3. The van der Waals surface area contributed by atoms with Crippen LogP contribution in [-0.2, 0) is 0 Å². The van der Waals surface area contributed by atoms with Crippen molar-refractivity contribution in [3.05, 3.63) is 35.9 Å². The second-order valence-corrected chi connectivity index (χ2v) is 4.40. The maximum atomic E-state index is 9.67. The van der Waals surface area contributed by atoms with Gasteiger partial charge in [0, 0.05) is 5.56 Å². The maximum Gasteiger partial charge on any atom is 0.119 e. The van der Waals surface area contributed by atoms with Crippen LogP contribution in [0.4, 0.5) is 0 Å². The molecule has 0 bridgehead atoms. The van der Waals surface area contributed by atoms with E-state index in [1.165, 1.54) is 0 Å². The molecule has 0 radical (unpaired) electrons. The van der Waals surface area contributed by atoms with E-state index < -0.39 is 6.10 Å². The van der Waals surface area contributed by atoms with E-state index >= 15 is 0 Å². The second kappa shape index (κ2) is 4.30. The van der Waals surface area contributed by atoms with Crippen LogP contribution in [0.25, 0.3) is 0 Å². The van der Waals surface area contributed by atoms with Gasteiger partial charge in [-0.05, 0) is 17.5 Å². The van der Waals surface area contributed by atoms with Gasteiger partial charge in [0.05, 0.1) is 0 Å². The number of hydrogen-bond acceptors (Lipinski definition) is 1. The standard InChI is InChI=1S/C13H16O/c1-13(2,3)12(14)10-9-11-7-5-4-6-8-11/h4-8,12,14H,1-3H3/t12-/m0/s1. The summed E-state index contributed by atoms with van der Waals surface area (Å²) in [6, 6.07) is 9.69. The first-order valence-corrected chi connectivity index (χ1v) is 4.75. The van der Waals surface area contributed by atoms with E-state index in [1.54, 1.807) is 0 Å². The normalized spacial score (nSPS) is 12.9. The molecule has 1 heteroatoms. The van der Waals surface area contributed by atoms with Crippen LogP contribution in [0, 0.1) is 17.3 Å². The molecule has 1 aromatic rings. The van der Waals surface area contributed by atoms with Crippen molar-refractivity contribution in [1.82, 2.24) is 0 Å². The predicted molar refractivity (Wildman–Crippen MR) is 58.8 cm³/mol. The van der Waals surface area contributed by atoms with Crippen LogP contribution in [-0.4, -0.2) is 11.2 Å². The van der Waals surface area contributed by atoms with Gasteiger partial charge in [-0.15, -0.1) is 0 Å². The molecular formula is C13H16O. The van der Waals surface area contributed by atoms with Crippen molar-refractivity contribution in [3.8, 4) is 11.8 Å². The van der Waals surface area contributed by atoms with Gasteiger partial charge in [-0.25, -0.2) is 0 Å². The highest BCUT2D eigenvalue weighted by Gasteiger charge is 2.19. The molecule has 74 valence electrons. The zero-order valence-electron chi connectivity index (χ0n) is 8.91.